The monoisotopic (exact) mass is 248 g/mol. The molecule has 0 amide bonds. The fraction of sp³-hybridized carbons (Fsp3) is 0.231. The summed E-state index contributed by atoms with van der Waals surface area (Å²) >= 11 is 5.98. The van der Waals surface area contributed by atoms with Crippen LogP contribution in [0.5, 0.6) is 0 Å². The zero-order chi connectivity index (χ0) is 12.4. The van der Waals surface area contributed by atoms with Crippen LogP contribution >= 0.6 is 11.6 Å². The van der Waals surface area contributed by atoms with Crippen molar-refractivity contribution in [2.24, 2.45) is 0 Å². The molecule has 4 heteroatoms. The molecule has 3 nitrogen and oxygen atoms in total. The molecule has 0 saturated heterocycles. The number of hydrogen-bond donors (Lipinski definition) is 0. The van der Waals surface area contributed by atoms with Crippen molar-refractivity contribution in [1.82, 2.24) is 9.78 Å². The molecule has 88 valence electrons. The van der Waals surface area contributed by atoms with Crippen molar-refractivity contribution < 1.29 is 4.79 Å². The molecule has 0 aliphatic rings. The van der Waals surface area contributed by atoms with Crippen molar-refractivity contribution in [3.63, 3.8) is 0 Å². The van der Waals surface area contributed by atoms with E-state index < -0.39 is 0 Å². The molecular weight excluding hydrogens is 236 g/mol. The van der Waals surface area contributed by atoms with Gasteiger partial charge in [-0.2, -0.15) is 5.10 Å². The molecule has 0 aliphatic carbocycles. The zero-order valence-corrected chi connectivity index (χ0v) is 10.5. The summed E-state index contributed by atoms with van der Waals surface area (Å²) in [5.74, 6) is 0.357. The minimum absolute atomic E-state index is 0.357. The number of carbonyl (C=O) groups excluding carboxylic acids is 1. The second-order valence-corrected chi connectivity index (χ2v) is 4.54. The third-order valence-electron chi connectivity index (χ3n) is 2.60. The lowest BCUT2D eigenvalue weighted by Gasteiger charge is -2.06. The highest BCUT2D eigenvalue weighted by Gasteiger charge is 2.10. The molecule has 2 aromatic rings. The van der Waals surface area contributed by atoms with E-state index in [1.54, 1.807) is 16.8 Å². The van der Waals surface area contributed by atoms with Crippen molar-refractivity contribution >= 4 is 17.9 Å². The molecule has 2 rings (SSSR count). The van der Waals surface area contributed by atoms with E-state index in [9.17, 15) is 4.79 Å². The molecule has 1 heterocycles. The van der Waals surface area contributed by atoms with Gasteiger partial charge in [0.15, 0.2) is 6.29 Å². The van der Waals surface area contributed by atoms with Crippen LogP contribution in [0.4, 0.5) is 0 Å². The molecular formula is C13H13ClN2O. The molecule has 0 unspecified atom stereocenters. The summed E-state index contributed by atoms with van der Waals surface area (Å²) in [7, 11) is 0. The van der Waals surface area contributed by atoms with Gasteiger partial charge in [-0.1, -0.05) is 31.5 Å². The normalized spacial score (nSPS) is 10.8. The maximum atomic E-state index is 11.0. The maximum Gasteiger partial charge on any atom is 0.153 e. The Balaban J connectivity index is 2.52. The number of aldehydes is 1. The van der Waals surface area contributed by atoms with Gasteiger partial charge >= 0.3 is 0 Å². The predicted octanol–water partition coefficient (Wildman–Crippen LogP) is 3.46. The first kappa shape index (κ1) is 11.9. The third-order valence-corrected chi connectivity index (χ3v) is 2.93. The number of benzene rings is 1. The second kappa shape index (κ2) is 4.72. The Hall–Kier alpha value is -1.61. The molecule has 0 aliphatic heterocycles. The van der Waals surface area contributed by atoms with Gasteiger partial charge in [-0.05, 0) is 24.1 Å². The first-order chi connectivity index (χ1) is 8.13. The van der Waals surface area contributed by atoms with Crippen molar-refractivity contribution in [3.05, 3.63) is 46.7 Å². The molecule has 0 spiro atoms. The van der Waals surface area contributed by atoms with Crippen LogP contribution in [-0.4, -0.2) is 16.1 Å². The summed E-state index contributed by atoms with van der Waals surface area (Å²) in [6.07, 6.45) is 2.60. The standard InChI is InChI=1S/C13H13ClN2O/c1-9(2)12-6-7-16(15-12)13-5-3-4-11(14)10(13)8-17/h3-9H,1-2H3. The molecule has 0 N–H and O–H groups in total. The molecule has 1 aromatic carbocycles. The summed E-state index contributed by atoms with van der Waals surface area (Å²) in [6.45, 7) is 4.15. The van der Waals surface area contributed by atoms with E-state index >= 15 is 0 Å². The second-order valence-electron chi connectivity index (χ2n) is 4.13. The van der Waals surface area contributed by atoms with Crippen molar-refractivity contribution in [1.29, 1.82) is 0 Å². The first-order valence-electron chi connectivity index (χ1n) is 5.43. The lowest BCUT2D eigenvalue weighted by Crippen LogP contribution is -2.01. The number of hydrogen-bond acceptors (Lipinski definition) is 2. The Morgan fingerprint density at radius 1 is 1.35 bits per heavy atom. The molecule has 17 heavy (non-hydrogen) atoms. The van der Waals surface area contributed by atoms with E-state index in [2.05, 4.69) is 18.9 Å². The van der Waals surface area contributed by atoms with Gasteiger partial charge in [0.2, 0.25) is 0 Å². The quantitative estimate of drug-likeness (QED) is 0.780. The van der Waals surface area contributed by atoms with Crippen LogP contribution in [0.15, 0.2) is 30.5 Å². The molecule has 0 fully saturated rings. The molecule has 0 radical (unpaired) electrons. The molecule has 0 atom stereocenters. The molecule has 1 aromatic heterocycles. The number of aromatic nitrogens is 2. The van der Waals surface area contributed by atoms with Gasteiger partial charge in [-0.3, -0.25) is 4.79 Å². The van der Waals surface area contributed by atoms with Crippen LogP contribution in [-0.2, 0) is 0 Å². The Morgan fingerprint density at radius 3 is 2.71 bits per heavy atom. The van der Waals surface area contributed by atoms with Gasteiger partial charge in [-0.15, -0.1) is 0 Å². The van der Waals surface area contributed by atoms with Gasteiger partial charge in [0, 0.05) is 6.20 Å². The fourth-order valence-corrected chi connectivity index (χ4v) is 1.84. The van der Waals surface area contributed by atoms with Gasteiger partial charge in [-0.25, -0.2) is 4.68 Å². The maximum absolute atomic E-state index is 11.0. The van der Waals surface area contributed by atoms with E-state index in [0.717, 1.165) is 12.0 Å². The highest BCUT2D eigenvalue weighted by Crippen LogP contribution is 2.22. The Kier molecular flexibility index (Phi) is 3.29. The van der Waals surface area contributed by atoms with E-state index in [1.807, 2.05) is 18.3 Å². The number of nitrogens with zero attached hydrogens (tertiary/aromatic N) is 2. The smallest absolute Gasteiger partial charge is 0.153 e. The highest BCUT2D eigenvalue weighted by molar-refractivity contribution is 6.33. The van der Waals surface area contributed by atoms with Gasteiger partial charge in [0.1, 0.15) is 0 Å². The summed E-state index contributed by atoms with van der Waals surface area (Å²) in [6, 6.07) is 7.27. The Bertz CT molecular complexity index is 546. The van der Waals surface area contributed by atoms with Crippen LogP contribution in [0.1, 0.15) is 35.8 Å². The van der Waals surface area contributed by atoms with Crippen LogP contribution in [0.2, 0.25) is 5.02 Å². The van der Waals surface area contributed by atoms with E-state index in [4.69, 9.17) is 11.6 Å². The summed E-state index contributed by atoms with van der Waals surface area (Å²) in [5, 5.41) is 4.87. The van der Waals surface area contributed by atoms with Crippen LogP contribution in [0.25, 0.3) is 5.69 Å². The van der Waals surface area contributed by atoms with E-state index in [1.165, 1.54) is 0 Å². The largest absolute Gasteiger partial charge is 0.298 e. The van der Waals surface area contributed by atoms with Gasteiger partial charge in [0.05, 0.1) is 22.0 Å². The van der Waals surface area contributed by atoms with Crippen LogP contribution in [0.3, 0.4) is 0 Å². The number of rotatable bonds is 3. The van der Waals surface area contributed by atoms with Crippen LogP contribution in [0, 0.1) is 0 Å². The first-order valence-corrected chi connectivity index (χ1v) is 5.81. The summed E-state index contributed by atoms with van der Waals surface area (Å²) in [5.41, 5.74) is 2.16. The van der Waals surface area contributed by atoms with Gasteiger partial charge < -0.3 is 0 Å². The Morgan fingerprint density at radius 2 is 2.12 bits per heavy atom. The molecule has 0 saturated carbocycles. The highest BCUT2D eigenvalue weighted by atomic mass is 35.5. The summed E-state index contributed by atoms with van der Waals surface area (Å²) < 4.78 is 1.69. The van der Waals surface area contributed by atoms with Crippen LogP contribution < -0.4 is 0 Å². The minimum Gasteiger partial charge on any atom is -0.298 e. The van der Waals surface area contributed by atoms with Gasteiger partial charge in [0.25, 0.3) is 0 Å². The third kappa shape index (κ3) is 2.24. The number of carbonyl (C=O) groups is 1. The summed E-state index contributed by atoms with van der Waals surface area (Å²) in [4.78, 5) is 11.0. The SMILES string of the molecule is CC(C)c1ccn(-c2cccc(Cl)c2C=O)n1. The Labute approximate surface area is 105 Å². The average molecular weight is 249 g/mol. The zero-order valence-electron chi connectivity index (χ0n) is 9.72. The van der Waals surface area contributed by atoms with Crippen molar-refractivity contribution in [2.75, 3.05) is 0 Å². The predicted molar refractivity (Wildman–Crippen MR) is 68.1 cm³/mol. The average Bonchev–Trinajstić information content (AvgIpc) is 2.77. The lowest BCUT2D eigenvalue weighted by molar-refractivity contribution is 0.112. The lowest BCUT2D eigenvalue weighted by atomic mass is 10.1. The van der Waals surface area contributed by atoms with Crippen molar-refractivity contribution in [3.8, 4) is 5.69 Å². The van der Waals surface area contributed by atoms with Crippen molar-refractivity contribution in [2.45, 2.75) is 19.8 Å². The fourth-order valence-electron chi connectivity index (χ4n) is 1.62. The van der Waals surface area contributed by atoms with E-state index in [-0.39, 0.29) is 0 Å². The molecule has 0 bridgehead atoms. The minimum atomic E-state index is 0.357. The topological polar surface area (TPSA) is 34.9 Å². The number of halogens is 1. The van der Waals surface area contributed by atoms with E-state index in [0.29, 0.717) is 22.2 Å².